The standard InChI is InChI=1S/C23H39NO4/c1-3-23(16-10-17-23)20(25)12-9-11-19-14-15-21(26)24(19)18-8-6-5-7-13-22(27)28-4-2/h9,11,19-20,25H,3-8,10,12-18H2,1-2H3/b11-9+/t19-,20-/m0/s1. The second-order valence-electron chi connectivity index (χ2n) is 8.41. The number of aliphatic hydroxyl groups is 1. The van der Waals surface area contributed by atoms with Gasteiger partial charge in [-0.1, -0.05) is 38.3 Å². The van der Waals surface area contributed by atoms with E-state index in [0.717, 1.165) is 57.9 Å². The molecular formula is C23H39NO4. The summed E-state index contributed by atoms with van der Waals surface area (Å²) in [6.45, 7) is 5.23. The van der Waals surface area contributed by atoms with E-state index in [0.29, 0.717) is 25.9 Å². The summed E-state index contributed by atoms with van der Waals surface area (Å²) in [6, 6.07) is 0.179. The molecule has 1 saturated heterocycles. The number of likely N-dealkylation sites (tertiary alicyclic amines) is 1. The molecule has 5 nitrogen and oxygen atoms in total. The van der Waals surface area contributed by atoms with Crippen LogP contribution in [0.5, 0.6) is 0 Å². The van der Waals surface area contributed by atoms with Gasteiger partial charge in [0.2, 0.25) is 5.91 Å². The zero-order valence-electron chi connectivity index (χ0n) is 17.8. The summed E-state index contributed by atoms with van der Waals surface area (Å²) in [5.74, 6) is 0.127. The van der Waals surface area contributed by atoms with Crippen LogP contribution in [0, 0.1) is 5.41 Å². The number of ether oxygens (including phenoxy) is 1. The smallest absolute Gasteiger partial charge is 0.305 e. The Kier molecular flexibility index (Phi) is 9.49. The van der Waals surface area contributed by atoms with Crippen LogP contribution in [0.2, 0.25) is 0 Å². The van der Waals surface area contributed by atoms with Gasteiger partial charge in [0.15, 0.2) is 0 Å². The van der Waals surface area contributed by atoms with E-state index in [1.165, 1.54) is 6.42 Å². The zero-order valence-corrected chi connectivity index (χ0v) is 17.8. The van der Waals surface area contributed by atoms with Crippen LogP contribution in [0.4, 0.5) is 0 Å². The first-order chi connectivity index (χ1) is 13.5. The molecule has 0 aromatic carbocycles. The van der Waals surface area contributed by atoms with Gasteiger partial charge in [-0.2, -0.15) is 0 Å². The molecule has 2 fully saturated rings. The minimum absolute atomic E-state index is 0.114. The summed E-state index contributed by atoms with van der Waals surface area (Å²) >= 11 is 0. The zero-order chi connectivity index (χ0) is 20.4. The van der Waals surface area contributed by atoms with E-state index in [-0.39, 0.29) is 29.4 Å². The van der Waals surface area contributed by atoms with E-state index in [9.17, 15) is 14.7 Å². The summed E-state index contributed by atoms with van der Waals surface area (Å²) in [6.07, 6.45) is 15.1. The Labute approximate surface area is 170 Å². The van der Waals surface area contributed by atoms with Crippen molar-refractivity contribution in [1.82, 2.24) is 4.90 Å². The number of hydrogen-bond acceptors (Lipinski definition) is 4. The molecule has 1 aliphatic carbocycles. The van der Waals surface area contributed by atoms with Crippen molar-refractivity contribution in [3.8, 4) is 0 Å². The SMILES string of the molecule is CCOC(=O)CCCCCCN1C(=O)CC[C@@H]1/C=C/C[C@H](O)C1(CC)CCC1. The number of carbonyl (C=O) groups excluding carboxylic acids is 2. The Bertz CT molecular complexity index is 521. The van der Waals surface area contributed by atoms with Crippen molar-refractivity contribution in [2.24, 2.45) is 5.41 Å². The van der Waals surface area contributed by atoms with Crippen molar-refractivity contribution in [3.05, 3.63) is 12.2 Å². The average Bonchev–Trinajstić information content (AvgIpc) is 2.98. The lowest BCUT2D eigenvalue weighted by molar-refractivity contribution is -0.143. The Morgan fingerprint density at radius 2 is 2.04 bits per heavy atom. The van der Waals surface area contributed by atoms with Crippen LogP contribution in [0.3, 0.4) is 0 Å². The van der Waals surface area contributed by atoms with Gasteiger partial charge in [-0.15, -0.1) is 0 Å². The summed E-state index contributed by atoms with van der Waals surface area (Å²) in [7, 11) is 0. The van der Waals surface area contributed by atoms with Gasteiger partial charge in [0.05, 0.1) is 18.8 Å². The third-order valence-electron chi connectivity index (χ3n) is 6.69. The number of carbonyl (C=O) groups is 2. The van der Waals surface area contributed by atoms with Gasteiger partial charge in [0.25, 0.3) is 0 Å². The van der Waals surface area contributed by atoms with Crippen LogP contribution >= 0.6 is 0 Å². The summed E-state index contributed by atoms with van der Waals surface area (Å²) < 4.78 is 4.93. The average molecular weight is 394 g/mol. The number of aliphatic hydroxyl groups excluding tert-OH is 1. The molecule has 0 aromatic heterocycles. The Morgan fingerprint density at radius 1 is 1.29 bits per heavy atom. The largest absolute Gasteiger partial charge is 0.466 e. The molecule has 0 unspecified atom stereocenters. The Balaban J connectivity index is 1.67. The quantitative estimate of drug-likeness (QED) is 0.286. The van der Waals surface area contributed by atoms with Crippen molar-refractivity contribution in [2.75, 3.05) is 13.2 Å². The van der Waals surface area contributed by atoms with Crippen LogP contribution < -0.4 is 0 Å². The first kappa shape index (κ1) is 22.9. The van der Waals surface area contributed by atoms with Crippen molar-refractivity contribution >= 4 is 11.9 Å². The first-order valence-corrected chi connectivity index (χ1v) is 11.3. The maximum atomic E-state index is 12.2. The van der Waals surface area contributed by atoms with E-state index in [4.69, 9.17) is 4.74 Å². The van der Waals surface area contributed by atoms with Crippen LogP contribution in [0.25, 0.3) is 0 Å². The highest BCUT2D eigenvalue weighted by molar-refractivity contribution is 5.79. The molecular weight excluding hydrogens is 354 g/mol. The molecule has 160 valence electrons. The molecule has 2 rings (SSSR count). The molecule has 1 N–H and O–H groups in total. The highest BCUT2D eigenvalue weighted by Crippen LogP contribution is 2.47. The molecule has 1 amide bonds. The predicted molar refractivity (Wildman–Crippen MR) is 111 cm³/mol. The first-order valence-electron chi connectivity index (χ1n) is 11.3. The van der Waals surface area contributed by atoms with Gasteiger partial charge >= 0.3 is 5.97 Å². The number of esters is 1. The summed E-state index contributed by atoms with van der Waals surface area (Å²) in [5.41, 5.74) is 0.138. The van der Waals surface area contributed by atoms with E-state index < -0.39 is 0 Å². The minimum Gasteiger partial charge on any atom is -0.466 e. The number of nitrogens with zero attached hydrogens (tertiary/aromatic N) is 1. The fraction of sp³-hybridized carbons (Fsp3) is 0.826. The van der Waals surface area contributed by atoms with Crippen molar-refractivity contribution < 1.29 is 19.4 Å². The molecule has 0 bridgehead atoms. The lowest BCUT2D eigenvalue weighted by atomic mass is 9.63. The van der Waals surface area contributed by atoms with Gasteiger partial charge < -0.3 is 14.7 Å². The van der Waals surface area contributed by atoms with Gasteiger partial charge in [0.1, 0.15) is 0 Å². The Hall–Kier alpha value is -1.36. The van der Waals surface area contributed by atoms with Crippen LogP contribution in [0.1, 0.15) is 90.9 Å². The molecule has 0 aromatic rings. The van der Waals surface area contributed by atoms with Crippen molar-refractivity contribution in [1.29, 1.82) is 0 Å². The van der Waals surface area contributed by atoms with Gasteiger partial charge in [-0.05, 0) is 57.3 Å². The maximum absolute atomic E-state index is 12.2. The number of rotatable bonds is 13. The van der Waals surface area contributed by atoms with Crippen LogP contribution in [0.15, 0.2) is 12.2 Å². The number of unbranched alkanes of at least 4 members (excludes halogenated alkanes) is 3. The summed E-state index contributed by atoms with van der Waals surface area (Å²) in [4.78, 5) is 25.5. The molecule has 0 spiro atoms. The fourth-order valence-electron chi connectivity index (χ4n) is 4.55. The molecule has 1 saturated carbocycles. The fourth-order valence-corrected chi connectivity index (χ4v) is 4.55. The second kappa shape index (κ2) is 11.6. The second-order valence-corrected chi connectivity index (χ2v) is 8.41. The van der Waals surface area contributed by atoms with E-state index in [1.54, 1.807) is 0 Å². The minimum atomic E-state index is -0.257. The molecule has 2 aliphatic rings. The summed E-state index contributed by atoms with van der Waals surface area (Å²) in [5, 5.41) is 10.5. The van der Waals surface area contributed by atoms with E-state index in [1.807, 2.05) is 11.8 Å². The van der Waals surface area contributed by atoms with Gasteiger partial charge in [-0.25, -0.2) is 0 Å². The normalized spacial score (nSPS) is 22.5. The van der Waals surface area contributed by atoms with Crippen LogP contribution in [-0.4, -0.2) is 47.2 Å². The van der Waals surface area contributed by atoms with Gasteiger partial charge in [0, 0.05) is 19.4 Å². The highest BCUT2D eigenvalue weighted by Gasteiger charge is 2.41. The molecule has 0 radical (unpaired) electrons. The van der Waals surface area contributed by atoms with E-state index in [2.05, 4.69) is 19.1 Å². The van der Waals surface area contributed by atoms with Gasteiger partial charge in [-0.3, -0.25) is 9.59 Å². The molecule has 1 heterocycles. The Morgan fingerprint density at radius 3 is 2.68 bits per heavy atom. The lowest BCUT2D eigenvalue weighted by Crippen LogP contribution is -2.40. The topological polar surface area (TPSA) is 66.8 Å². The van der Waals surface area contributed by atoms with Crippen molar-refractivity contribution in [2.45, 2.75) is 103 Å². The van der Waals surface area contributed by atoms with Crippen molar-refractivity contribution in [3.63, 3.8) is 0 Å². The molecule has 5 heteroatoms. The maximum Gasteiger partial charge on any atom is 0.305 e. The molecule has 1 aliphatic heterocycles. The third kappa shape index (κ3) is 6.33. The third-order valence-corrected chi connectivity index (χ3v) is 6.69. The van der Waals surface area contributed by atoms with Crippen LogP contribution in [-0.2, 0) is 14.3 Å². The molecule has 2 atom stereocenters. The molecule has 28 heavy (non-hydrogen) atoms. The monoisotopic (exact) mass is 393 g/mol. The predicted octanol–water partition coefficient (Wildman–Crippen LogP) is 4.38. The number of hydrogen-bond donors (Lipinski definition) is 1. The lowest BCUT2D eigenvalue weighted by Gasteiger charge is -2.45. The van der Waals surface area contributed by atoms with E-state index >= 15 is 0 Å². The number of amides is 1. The highest BCUT2D eigenvalue weighted by atomic mass is 16.5.